The fourth-order valence-corrected chi connectivity index (χ4v) is 1.27. The molecule has 0 aromatic carbocycles. The zero-order chi connectivity index (χ0) is 11.8. The van der Waals surface area contributed by atoms with Gasteiger partial charge in [-0.2, -0.15) is 0 Å². The van der Waals surface area contributed by atoms with Gasteiger partial charge < -0.3 is 4.79 Å². The maximum Gasteiger partial charge on any atom is 0.130 e. The SMILES string of the molecule is C=C(CC/C(C)=C\CCC(C)=O)C(C)C. The summed E-state index contributed by atoms with van der Waals surface area (Å²) in [7, 11) is 0. The molecule has 0 atom stereocenters. The summed E-state index contributed by atoms with van der Waals surface area (Å²) in [6.07, 6.45) is 5.88. The first-order chi connectivity index (χ1) is 6.93. The fraction of sp³-hybridized carbons (Fsp3) is 0.643. The number of Topliss-reactive ketones (excluding diaryl/α,β-unsaturated/α-hetero) is 1. The summed E-state index contributed by atoms with van der Waals surface area (Å²) in [6, 6.07) is 0. The van der Waals surface area contributed by atoms with Gasteiger partial charge in [0.1, 0.15) is 5.78 Å². The van der Waals surface area contributed by atoms with Crippen molar-refractivity contribution in [3.63, 3.8) is 0 Å². The van der Waals surface area contributed by atoms with Crippen molar-refractivity contribution in [3.05, 3.63) is 23.8 Å². The molecule has 1 nitrogen and oxygen atoms in total. The topological polar surface area (TPSA) is 17.1 Å². The fourth-order valence-electron chi connectivity index (χ4n) is 1.27. The van der Waals surface area contributed by atoms with Crippen molar-refractivity contribution < 1.29 is 4.79 Å². The summed E-state index contributed by atoms with van der Waals surface area (Å²) in [6.45, 7) is 12.2. The normalized spacial score (nSPS) is 11.9. The lowest BCUT2D eigenvalue weighted by Gasteiger charge is -2.09. The second kappa shape index (κ2) is 7.44. The molecule has 0 N–H and O–H groups in total. The molecule has 0 aliphatic rings. The van der Waals surface area contributed by atoms with Crippen LogP contribution in [0.5, 0.6) is 0 Å². The third kappa shape index (κ3) is 8.17. The molecule has 0 aliphatic heterocycles. The molecule has 0 unspecified atom stereocenters. The lowest BCUT2D eigenvalue weighted by molar-refractivity contribution is -0.116. The van der Waals surface area contributed by atoms with E-state index in [0.29, 0.717) is 12.3 Å². The Labute approximate surface area is 94.3 Å². The predicted molar refractivity (Wildman–Crippen MR) is 66.9 cm³/mol. The first kappa shape index (κ1) is 14.2. The lowest BCUT2D eigenvalue weighted by atomic mass is 9.97. The van der Waals surface area contributed by atoms with Crippen LogP contribution in [0.3, 0.4) is 0 Å². The van der Waals surface area contributed by atoms with Crippen molar-refractivity contribution in [2.75, 3.05) is 0 Å². The standard InChI is InChI=1S/C14H24O/c1-11(2)13(4)10-9-12(3)7-6-8-14(5)15/h7,11H,4,6,8-10H2,1-3,5H3/b12-7-. The summed E-state index contributed by atoms with van der Waals surface area (Å²) in [5.74, 6) is 0.848. The second-order valence-corrected chi connectivity index (χ2v) is 4.60. The van der Waals surface area contributed by atoms with Gasteiger partial charge in [-0.25, -0.2) is 0 Å². The number of ketones is 1. The molecule has 1 heteroatoms. The van der Waals surface area contributed by atoms with Crippen LogP contribution in [0.1, 0.15) is 53.4 Å². The Hall–Kier alpha value is -0.850. The van der Waals surface area contributed by atoms with Crippen molar-refractivity contribution in [2.45, 2.75) is 53.4 Å². The molecule has 0 fully saturated rings. The van der Waals surface area contributed by atoms with E-state index in [2.05, 4.69) is 33.4 Å². The number of hydrogen-bond donors (Lipinski definition) is 0. The highest BCUT2D eigenvalue weighted by molar-refractivity contribution is 5.75. The Bertz CT molecular complexity index is 246. The van der Waals surface area contributed by atoms with E-state index in [9.17, 15) is 4.79 Å². The molecule has 0 rings (SSSR count). The molecule has 0 aromatic rings. The highest BCUT2D eigenvalue weighted by atomic mass is 16.1. The maximum absolute atomic E-state index is 10.7. The van der Waals surface area contributed by atoms with Crippen LogP contribution in [-0.2, 0) is 4.79 Å². The van der Waals surface area contributed by atoms with E-state index in [4.69, 9.17) is 0 Å². The average molecular weight is 208 g/mol. The molecule has 0 heterocycles. The van der Waals surface area contributed by atoms with Crippen LogP contribution in [0, 0.1) is 5.92 Å². The molecular formula is C14H24O. The number of hydrogen-bond acceptors (Lipinski definition) is 1. The van der Waals surface area contributed by atoms with Crippen LogP contribution < -0.4 is 0 Å². The van der Waals surface area contributed by atoms with E-state index in [1.807, 2.05) is 0 Å². The van der Waals surface area contributed by atoms with Crippen LogP contribution in [0.25, 0.3) is 0 Å². The summed E-state index contributed by atoms with van der Waals surface area (Å²) in [5, 5.41) is 0. The predicted octanol–water partition coefficient (Wildman–Crippen LogP) is 4.29. The largest absolute Gasteiger partial charge is 0.300 e. The highest BCUT2D eigenvalue weighted by Gasteiger charge is 2.00. The van der Waals surface area contributed by atoms with Crippen LogP contribution in [-0.4, -0.2) is 5.78 Å². The van der Waals surface area contributed by atoms with Gasteiger partial charge in [0.05, 0.1) is 0 Å². The number of carbonyl (C=O) groups is 1. The summed E-state index contributed by atoms with van der Waals surface area (Å²) in [4.78, 5) is 10.7. The lowest BCUT2D eigenvalue weighted by Crippen LogP contribution is -1.93. The molecule has 0 saturated heterocycles. The zero-order valence-electron chi connectivity index (χ0n) is 10.6. The Morgan fingerprint density at radius 3 is 2.27 bits per heavy atom. The van der Waals surface area contributed by atoms with E-state index >= 15 is 0 Å². The molecule has 0 aliphatic carbocycles. The van der Waals surface area contributed by atoms with Gasteiger partial charge in [-0.3, -0.25) is 0 Å². The van der Waals surface area contributed by atoms with Crippen LogP contribution in [0.4, 0.5) is 0 Å². The Morgan fingerprint density at radius 2 is 1.80 bits per heavy atom. The summed E-state index contributed by atoms with van der Waals surface area (Å²) >= 11 is 0. The summed E-state index contributed by atoms with van der Waals surface area (Å²) in [5.41, 5.74) is 2.69. The first-order valence-corrected chi connectivity index (χ1v) is 5.76. The van der Waals surface area contributed by atoms with Gasteiger partial charge in [0.25, 0.3) is 0 Å². The van der Waals surface area contributed by atoms with Crippen molar-refractivity contribution >= 4 is 5.78 Å². The quantitative estimate of drug-likeness (QED) is 0.570. The van der Waals surface area contributed by atoms with E-state index in [1.165, 1.54) is 11.1 Å². The summed E-state index contributed by atoms with van der Waals surface area (Å²) < 4.78 is 0. The number of carbonyl (C=O) groups excluding carboxylic acids is 1. The molecular weight excluding hydrogens is 184 g/mol. The van der Waals surface area contributed by atoms with Crippen molar-refractivity contribution in [2.24, 2.45) is 5.92 Å². The van der Waals surface area contributed by atoms with Crippen molar-refractivity contribution in [3.8, 4) is 0 Å². The van der Waals surface area contributed by atoms with E-state index in [1.54, 1.807) is 6.92 Å². The zero-order valence-corrected chi connectivity index (χ0v) is 10.6. The van der Waals surface area contributed by atoms with Crippen LogP contribution in [0.2, 0.25) is 0 Å². The highest BCUT2D eigenvalue weighted by Crippen LogP contribution is 2.17. The Kier molecular flexibility index (Phi) is 7.02. The minimum absolute atomic E-state index is 0.269. The number of allylic oxidation sites excluding steroid dienone is 3. The molecule has 15 heavy (non-hydrogen) atoms. The molecule has 0 spiro atoms. The minimum Gasteiger partial charge on any atom is -0.300 e. The third-order valence-electron chi connectivity index (χ3n) is 2.65. The second-order valence-electron chi connectivity index (χ2n) is 4.60. The third-order valence-corrected chi connectivity index (χ3v) is 2.65. The molecule has 86 valence electrons. The first-order valence-electron chi connectivity index (χ1n) is 5.76. The Morgan fingerprint density at radius 1 is 1.20 bits per heavy atom. The van der Waals surface area contributed by atoms with E-state index in [-0.39, 0.29) is 5.78 Å². The Balaban J connectivity index is 3.77. The van der Waals surface area contributed by atoms with E-state index < -0.39 is 0 Å². The van der Waals surface area contributed by atoms with Crippen LogP contribution in [0.15, 0.2) is 23.8 Å². The average Bonchev–Trinajstić information content (AvgIpc) is 2.13. The van der Waals surface area contributed by atoms with Crippen molar-refractivity contribution in [1.82, 2.24) is 0 Å². The molecule has 0 aromatic heterocycles. The van der Waals surface area contributed by atoms with Gasteiger partial charge >= 0.3 is 0 Å². The molecule has 0 bridgehead atoms. The monoisotopic (exact) mass is 208 g/mol. The van der Waals surface area contributed by atoms with Crippen molar-refractivity contribution in [1.29, 1.82) is 0 Å². The van der Waals surface area contributed by atoms with Gasteiger partial charge in [-0.1, -0.05) is 37.6 Å². The maximum atomic E-state index is 10.7. The minimum atomic E-state index is 0.269. The van der Waals surface area contributed by atoms with Gasteiger partial charge in [-0.15, -0.1) is 0 Å². The smallest absolute Gasteiger partial charge is 0.130 e. The van der Waals surface area contributed by atoms with Gasteiger partial charge in [-0.05, 0) is 39.0 Å². The van der Waals surface area contributed by atoms with Crippen LogP contribution >= 0.6 is 0 Å². The van der Waals surface area contributed by atoms with E-state index in [0.717, 1.165) is 19.3 Å². The van der Waals surface area contributed by atoms with Gasteiger partial charge in [0.2, 0.25) is 0 Å². The molecule has 0 amide bonds. The molecule has 0 radical (unpaired) electrons. The van der Waals surface area contributed by atoms with Gasteiger partial charge in [0.15, 0.2) is 0 Å². The molecule has 0 saturated carbocycles. The van der Waals surface area contributed by atoms with Gasteiger partial charge in [0, 0.05) is 6.42 Å². The number of rotatable bonds is 7.